The Labute approximate surface area is 56.6 Å². The van der Waals surface area contributed by atoms with Crippen molar-refractivity contribution in [2.45, 2.75) is 33.2 Å². The monoisotopic (exact) mass is 129 g/mol. The van der Waals surface area contributed by atoms with Gasteiger partial charge in [-0.3, -0.25) is 0 Å². The SMILES string of the molecule is CC[C@H](C)N/C(C)=C/O. The highest BCUT2D eigenvalue weighted by Gasteiger charge is 1.94. The van der Waals surface area contributed by atoms with Gasteiger partial charge in [-0.1, -0.05) is 6.92 Å². The topological polar surface area (TPSA) is 32.3 Å². The Hall–Kier alpha value is -0.660. The van der Waals surface area contributed by atoms with E-state index in [1.807, 2.05) is 6.92 Å². The van der Waals surface area contributed by atoms with Crippen LogP contribution in [0.3, 0.4) is 0 Å². The zero-order chi connectivity index (χ0) is 7.28. The third-order valence-corrected chi connectivity index (χ3v) is 1.28. The summed E-state index contributed by atoms with van der Waals surface area (Å²) in [6.07, 6.45) is 2.16. The van der Waals surface area contributed by atoms with E-state index >= 15 is 0 Å². The van der Waals surface area contributed by atoms with E-state index in [0.29, 0.717) is 6.04 Å². The van der Waals surface area contributed by atoms with Crippen LogP contribution in [0.25, 0.3) is 0 Å². The summed E-state index contributed by atoms with van der Waals surface area (Å²) in [6, 6.07) is 0.452. The Bertz CT molecular complexity index is 99.1. The van der Waals surface area contributed by atoms with Crippen LogP contribution in [0.4, 0.5) is 0 Å². The molecule has 0 amide bonds. The Morgan fingerprint density at radius 1 is 1.78 bits per heavy atom. The minimum Gasteiger partial charge on any atom is -0.514 e. The Balaban J connectivity index is 3.47. The van der Waals surface area contributed by atoms with Gasteiger partial charge in [0.15, 0.2) is 0 Å². The van der Waals surface area contributed by atoms with Gasteiger partial charge in [0.1, 0.15) is 0 Å². The summed E-state index contributed by atoms with van der Waals surface area (Å²) in [4.78, 5) is 0. The fourth-order valence-corrected chi connectivity index (χ4v) is 0.528. The lowest BCUT2D eigenvalue weighted by Gasteiger charge is -2.11. The van der Waals surface area contributed by atoms with Crippen LogP contribution in [0, 0.1) is 0 Å². The molecule has 0 saturated carbocycles. The first kappa shape index (κ1) is 8.34. The van der Waals surface area contributed by atoms with Crippen molar-refractivity contribution < 1.29 is 5.11 Å². The molecule has 2 nitrogen and oxygen atoms in total. The van der Waals surface area contributed by atoms with Crippen LogP contribution >= 0.6 is 0 Å². The molecule has 0 radical (unpaired) electrons. The van der Waals surface area contributed by atoms with Crippen LogP contribution in [-0.2, 0) is 0 Å². The highest BCUT2D eigenvalue weighted by atomic mass is 16.2. The Kier molecular flexibility index (Phi) is 3.93. The van der Waals surface area contributed by atoms with Gasteiger partial charge < -0.3 is 10.4 Å². The third-order valence-electron chi connectivity index (χ3n) is 1.28. The lowest BCUT2D eigenvalue weighted by atomic mass is 10.2. The summed E-state index contributed by atoms with van der Waals surface area (Å²) in [7, 11) is 0. The summed E-state index contributed by atoms with van der Waals surface area (Å²) >= 11 is 0. The Morgan fingerprint density at radius 2 is 2.33 bits per heavy atom. The molecule has 0 heterocycles. The van der Waals surface area contributed by atoms with E-state index in [9.17, 15) is 0 Å². The van der Waals surface area contributed by atoms with Crippen molar-refractivity contribution in [1.82, 2.24) is 5.32 Å². The highest BCUT2D eigenvalue weighted by Crippen LogP contribution is 1.92. The first-order valence-electron chi connectivity index (χ1n) is 3.28. The molecule has 0 aromatic heterocycles. The molecule has 0 aromatic rings. The molecule has 1 atom stereocenters. The van der Waals surface area contributed by atoms with E-state index in [0.717, 1.165) is 18.4 Å². The molecule has 0 bridgehead atoms. The van der Waals surface area contributed by atoms with Crippen molar-refractivity contribution in [2.75, 3.05) is 0 Å². The molecule has 2 N–H and O–H groups in total. The van der Waals surface area contributed by atoms with Gasteiger partial charge in [0.05, 0.1) is 6.26 Å². The fourth-order valence-electron chi connectivity index (χ4n) is 0.528. The average Bonchev–Trinajstić information content (AvgIpc) is 1.87. The van der Waals surface area contributed by atoms with E-state index in [1.54, 1.807) is 0 Å². The van der Waals surface area contributed by atoms with Gasteiger partial charge in [0, 0.05) is 11.7 Å². The molecule has 0 aliphatic heterocycles. The summed E-state index contributed by atoms with van der Waals surface area (Å²) in [5.74, 6) is 0. The smallest absolute Gasteiger partial charge is 0.0978 e. The molecule has 0 aliphatic rings. The predicted molar refractivity (Wildman–Crippen MR) is 39.3 cm³/mol. The van der Waals surface area contributed by atoms with Crippen LogP contribution < -0.4 is 5.32 Å². The van der Waals surface area contributed by atoms with Crippen molar-refractivity contribution in [2.24, 2.45) is 0 Å². The second-order valence-electron chi connectivity index (χ2n) is 2.27. The van der Waals surface area contributed by atoms with Crippen LogP contribution in [0.2, 0.25) is 0 Å². The van der Waals surface area contributed by atoms with Gasteiger partial charge in [-0.2, -0.15) is 0 Å². The summed E-state index contributed by atoms with van der Waals surface area (Å²) in [6.45, 7) is 6.02. The van der Waals surface area contributed by atoms with Crippen LogP contribution in [0.5, 0.6) is 0 Å². The number of hydrogen-bond donors (Lipinski definition) is 2. The maximum Gasteiger partial charge on any atom is 0.0978 e. The lowest BCUT2D eigenvalue weighted by molar-refractivity contribution is 0.454. The van der Waals surface area contributed by atoms with Gasteiger partial charge in [-0.15, -0.1) is 0 Å². The normalized spacial score (nSPS) is 15.2. The van der Waals surface area contributed by atoms with E-state index in [-0.39, 0.29) is 0 Å². The maximum atomic E-state index is 8.45. The third kappa shape index (κ3) is 3.88. The summed E-state index contributed by atoms with van der Waals surface area (Å²) < 4.78 is 0. The Morgan fingerprint density at radius 3 is 2.67 bits per heavy atom. The predicted octanol–water partition coefficient (Wildman–Crippen LogP) is 1.79. The number of rotatable bonds is 3. The van der Waals surface area contributed by atoms with E-state index in [4.69, 9.17) is 5.11 Å². The van der Waals surface area contributed by atoms with Crippen molar-refractivity contribution in [3.63, 3.8) is 0 Å². The average molecular weight is 129 g/mol. The zero-order valence-electron chi connectivity index (χ0n) is 6.31. The lowest BCUT2D eigenvalue weighted by Crippen LogP contribution is -2.22. The molecule has 0 saturated heterocycles. The van der Waals surface area contributed by atoms with Crippen molar-refractivity contribution in [3.05, 3.63) is 12.0 Å². The zero-order valence-corrected chi connectivity index (χ0v) is 6.31. The number of allylic oxidation sites excluding steroid dienone is 1. The van der Waals surface area contributed by atoms with Gasteiger partial charge in [0.25, 0.3) is 0 Å². The molecule has 0 aromatic carbocycles. The minimum atomic E-state index is 0.452. The number of aliphatic hydroxyl groups is 1. The van der Waals surface area contributed by atoms with Gasteiger partial charge in [-0.05, 0) is 20.3 Å². The molecule has 0 unspecified atom stereocenters. The molecule has 0 aliphatic carbocycles. The van der Waals surface area contributed by atoms with Gasteiger partial charge >= 0.3 is 0 Å². The second kappa shape index (κ2) is 4.24. The molecular formula is C7H15NO. The maximum absolute atomic E-state index is 8.45. The number of nitrogens with one attached hydrogen (secondary N) is 1. The quantitative estimate of drug-likeness (QED) is 0.569. The summed E-state index contributed by atoms with van der Waals surface area (Å²) in [5, 5.41) is 11.5. The van der Waals surface area contributed by atoms with Crippen LogP contribution in [0.15, 0.2) is 12.0 Å². The summed E-state index contributed by atoms with van der Waals surface area (Å²) in [5.41, 5.74) is 0.823. The molecule has 0 fully saturated rings. The molecule has 9 heavy (non-hydrogen) atoms. The van der Waals surface area contributed by atoms with E-state index in [1.165, 1.54) is 0 Å². The standard InChI is InChI=1S/C7H15NO/c1-4-6(2)8-7(3)5-9/h5-6,8-9H,4H2,1-3H3/b7-5+/t6-/m0/s1. The minimum absolute atomic E-state index is 0.452. The molecular weight excluding hydrogens is 114 g/mol. The van der Waals surface area contributed by atoms with E-state index in [2.05, 4.69) is 19.2 Å². The first-order valence-corrected chi connectivity index (χ1v) is 3.28. The number of hydrogen-bond acceptors (Lipinski definition) is 2. The molecule has 2 heteroatoms. The second-order valence-corrected chi connectivity index (χ2v) is 2.27. The van der Waals surface area contributed by atoms with Gasteiger partial charge in [-0.25, -0.2) is 0 Å². The fraction of sp³-hybridized carbons (Fsp3) is 0.714. The molecule has 0 spiro atoms. The highest BCUT2D eigenvalue weighted by molar-refractivity contribution is 4.90. The van der Waals surface area contributed by atoms with Crippen molar-refractivity contribution >= 4 is 0 Å². The van der Waals surface area contributed by atoms with Crippen LogP contribution in [-0.4, -0.2) is 11.1 Å². The van der Waals surface area contributed by atoms with Gasteiger partial charge in [0.2, 0.25) is 0 Å². The van der Waals surface area contributed by atoms with Crippen LogP contribution in [0.1, 0.15) is 27.2 Å². The largest absolute Gasteiger partial charge is 0.514 e. The van der Waals surface area contributed by atoms with E-state index < -0.39 is 0 Å². The number of aliphatic hydroxyl groups excluding tert-OH is 1. The first-order chi connectivity index (χ1) is 4.20. The van der Waals surface area contributed by atoms with Crippen molar-refractivity contribution in [1.29, 1.82) is 0 Å². The van der Waals surface area contributed by atoms with Crippen molar-refractivity contribution in [3.8, 4) is 0 Å². The molecule has 0 rings (SSSR count). The molecule has 54 valence electrons.